The van der Waals surface area contributed by atoms with Crippen LogP contribution >= 0.6 is 0 Å². The fourth-order valence-corrected chi connectivity index (χ4v) is 3.66. The molecule has 0 aliphatic rings. The van der Waals surface area contributed by atoms with Crippen molar-refractivity contribution in [3.63, 3.8) is 0 Å². The van der Waals surface area contributed by atoms with Crippen molar-refractivity contribution in [3.05, 3.63) is 0 Å². The van der Waals surface area contributed by atoms with Crippen LogP contribution in [0.4, 0.5) is 0 Å². The Morgan fingerprint density at radius 2 is 0.900 bits per heavy atom. The van der Waals surface area contributed by atoms with Gasteiger partial charge in [-0.25, -0.2) is 9.59 Å². The van der Waals surface area contributed by atoms with Gasteiger partial charge in [-0.1, -0.05) is 0 Å². The molecule has 0 rings (SSSR count). The minimum Gasteiger partial charge on any atom is -0.481 e. The van der Waals surface area contributed by atoms with Gasteiger partial charge >= 0.3 is 23.9 Å². The standard InChI is InChI=1S/C25H36N2O13/c1-13(28)3-7-18(24(37)38)26-21(32)10-5-16(23(35)36)12-17(30)6-8-19(25(39)40)27-20(31)9-4-15(22(33)34)11-14(2)29/h15-16,18-19H,3-12H2,1-2H3,(H,26,32)(H,27,31)(H,33,34)(H,35,36)(H,37,38)(H,39,40)/t15-,16-,18+,19+/m1/s1. The Morgan fingerprint density at radius 1 is 0.500 bits per heavy atom. The Labute approximate surface area is 229 Å². The highest BCUT2D eigenvalue weighted by atomic mass is 16.4. The van der Waals surface area contributed by atoms with Crippen molar-refractivity contribution in [1.82, 2.24) is 10.6 Å². The third-order valence-electron chi connectivity index (χ3n) is 5.91. The third-order valence-corrected chi connectivity index (χ3v) is 5.91. The monoisotopic (exact) mass is 572 g/mol. The molecule has 0 aromatic rings. The summed E-state index contributed by atoms with van der Waals surface area (Å²) in [7, 11) is 0. The highest BCUT2D eigenvalue weighted by Crippen LogP contribution is 2.16. The summed E-state index contributed by atoms with van der Waals surface area (Å²) in [6, 6.07) is -2.85. The van der Waals surface area contributed by atoms with E-state index in [1.807, 2.05) is 0 Å². The Hall–Kier alpha value is -4.17. The van der Waals surface area contributed by atoms with Crippen LogP contribution in [0.1, 0.15) is 78.1 Å². The molecule has 15 nitrogen and oxygen atoms in total. The molecule has 0 aromatic carbocycles. The molecular weight excluding hydrogens is 536 g/mol. The van der Waals surface area contributed by atoms with Gasteiger partial charge in [-0.2, -0.15) is 0 Å². The molecule has 0 bridgehead atoms. The number of carbonyl (C=O) groups excluding carboxylic acids is 5. The Morgan fingerprint density at radius 3 is 1.25 bits per heavy atom. The van der Waals surface area contributed by atoms with Crippen LogP contribution in [-0.2, 0) is 43.2 Å². The van der Waals surface area contributed by atoms with E-state index in [1.165, 1.54) is 13.8 Å². The van der Waals surface area contributed by atoms with E-state index in [0.29, 0.717) is 0 Å². The Kier molecular flexibility index (Phi) is 16.3. The molecule has 0 heterocycles. The molecular formula is C25H36N2O13. The molecule has 0 fully saturated rings. The minimum atomic E-state index is -1.51. The lowest BCUT2D eigenvalue weighted by Gasteiger charge is -2.17. The second-order valence-corrected chi connectivity index (χ2v) is 9.49. The molecule has 0 spiro atoms. The Balaban J connectivity index is 4.86. The molecule has 0 unspecified atom stereocenters. The number of rotatable bonds is 22. The molecule has 0 aromatic heterocycles. The van der Waals surface area contributed by atoms with E-state index >= 15 is 0 Å². The summed E-state index contributed by atoms with van der Waals surface area (Å²) >= 11 is 0. The van der Waals surface area contributed by atoms with E-state index in [-0.39, 0.29) is 56.5 Å². The Bertz CT molecular complexity index is 991. The van der Waals surface area contributed by atoms with Gasteiger partial charge in [0.15, 0.2) is 0 Å². The second-order valence-electron chi connectivity index (χ2n) is 9.49. The highest BCUT2D eigenvalue weighted by molar-refractivity contribution is 5.88. The summed E-state index contributed by atoms with van der Waals surface area (Å²) in [6.07, 6.45) is -3.14. The van der Waals surface area contributed by atoms with E-state index in [2.05, 4.69) is 10.6 Å². The largest absolute Gasteiger partial charge is 0.481 e. The van der Waals surface area contributed by atoms with Crippen LogP contribution in [0.2, 0.25) is 0 Å². The summed E-state index contributed by atoms with van der Waals surface area (Å²) in [5.74, 6) is -10.8. The van der Waals surface area contributed by atoms with Crippen molar-refractivity contribution in [1.29, 1.82) is 0 Å². The number of aliphatic carboxylic acids is 4. The third kappa shape index (κ3) is 15.9. The van der Waals surface area contributed by atoms with Gasteiger partial charge < -0.3 is 40.6 Å². The number of hydrogen-bond donors (Lipinski definition) is 6. The molecule has 40 heavy (non-hydrogen) atoms. The van der Waals surface area contributed by atoms with Crippen LogP contribution < -0.4 is 10.6 Å². The maximum absolute atomic E-state index is 12.3. The van der Waals surface area contributed by atoms with Crippen molar-refractivity contribution in [3.8, 4) is 0 Å². The molecule has 2 amide bonds. The van der Waals surface area contributed by atoms with Gasteiger partial charge in [-0.3, -0.25) is 24.0 Å². The normalized spacial score (nSPS) is 13.7. The lowest BCUT2D eigenvalue weighted by Crippen LogP contribution is -2.41. The van der Waals surface area contributed by atoms with Gasteiger partial charge in [0.1, 0.15) is 29.4 Å². The predicted molar refractivity (Wildman–Crippen MR) is 134 cm³/mol. The van der Waals surface area contributed by atoms with E-state index in [4.69, 9.17) is 10.2 Å². The maximum atomic E-state index is 12.3. The first kappa shape index (κ1) is 35.8. The molecule has 0 radical (unpaired) electrons. The molecule has 0 aliphatic heterocycles. The number of Topliss-reactive ketones (excluding diaryl/α,β-unsaturated/α-hetero) is 3. The maximum Gasteiger partial charge on any atom is 0.326 e. The van der Waals surface area contributed by atoms with Crippen LogP contribution in [-0.4, -0.2) is 85.6 Å². The van der Waals surface area contributed by atoms with Crippen LogP contribution in [0.25, 0.3) is 0 Å². The van der Waals surface area contributed by atoms with Crippen LogP contribution in [0.3, 0.4) is 0 Å². The van der Waals surface area contributed by atoms with Crippen molar-refractivity contribution < 1.29 is 63.6 Å². The van der Waals surface area contributed by atoms with Crippen molar-refractivity contribution in [2.75, 3.05) is 0 Å². The molecule has 4 atom stereocenters. The summed E-state index contributed by atoms with van der Waals surface area (Å²) < 4.78 is 0. The molecule has 6 N–H and O–H groups in total. The van der Waals surface area contributed by atoms with Gasteiger partial charge in [0.2, 0.25) is 11.8 Å². The van der Waals surface area contributed by atoms with Gasteiger partial charge in [0.05, 0.1) is 11.8 Å². The van der Waals surface area contributed by atoms with Crippen LogP contribution in [0.5, 0.6) is 0 Å². The van der Waals surface area contributed by atoms with Crippen LogP contribution in [0, 0.1) is 11.8 Å². The zero-order valence-electron chi connectivity index (χ0n) is 22.3. The molecule has 15 heteroatoms. The quantitative estimate of drug-likeness (QED) is 0.101. The average Bonchev–Trinajstić information content (AvgIpc) is 2.83. The van der Waals surface area contributed by atoms with E-state index in [1.54, 1.807) is 0 Å². The number of carboxylic acid groups (broad SMARTS) is 4. The number of nitrogens with one attached hydrogen (secondary N) is 2. The van der Waals surface area contributed by atoms with E-state index < -0.39 is 84.7 Å². The highest BCUT2D eigenvalue weighted by Gasteiger charge is 2.27. The van der Waals surface area contributed by atoms with E-state index in [9.17, 15) is 53.4 Å². The average molecular weight is 573 g/mol. The topological polar surface area (TPSA) is 259 Å². The SMILES string of the molecule is CC(=O)CC[C@H](NC(=O)CC[C@H](CC(=O)CC[C@H](NC(=O)CC[C@H](CC(C)=O)C(=O)O)C(=O)O)C(=O)O)C(=O)O. The van der Waals surface area contributed by atoms with Crippen LogP contribution in [0.15, 0.2) is 0 Å². The van der Waals surface area contributed by atoms with Gasteiger partial charge in [0, 0.05) is 38.5 Å². The van der Waals surface area contributed by atoms with Gasteiger partial charge in [0.25, 0.3) is 0 Å². The summed E-state index contributed by atoms with van der Waals surface area (Å²) in [6.45, 7) is 2.46. The van der Waals surface area contributed by atoms with Crippen molar-refractivity contribution in [2.24, 2.45) is 11.8 Å². The molecule has 0 saturated carbocycles. The zero-order chi connectivity index (χ0) is 31.0. The number of carboxylic acids is 4. The number of hydrogen-bond acceptors (Lipinski definition) is 9. The number of ketones is 3. The lowest BCUT2D eigenvalue weighted by molar-refractivity contribution is -0.145. The first-order valence-electron chi connectivity index (χ1n) is 12.5. The zero-order valence-corrected chi connectivity index (χ0v) is 22.3. The van der Waals surface area contributed by atoms with Gasteiger partial charge in [-0.15, -0.1) is 0 Å². The minimum absolute atomic E-state index is 0.0794. The summed E-state index contributed by atoms with van der Waals surface area (Å²) in [5.41, 5.74) is 0. The van der Waals surface area contributed by atoms with Gasteiger partial charge in [-0.05, 0) is 39.5 Å². The molecule has 0 saturated heterocycles. The number of carbonyl (C=O) groups is 9. The smallest absolute Gasteiger partial charge is 0.326 e. The summed E-state index contributed by atoms with van der Waals surface area (Å²) in [4.78, 5) is 104. The fourth-order valence-electron chi connectivity index (χ4n) is 3.66. The number of amides is 2. The van der Waals surface area contributed by atoms with E-state index in [0.717, 1.165) is 0 Å². The summed E-state index contributed by atoms with van der Waals surface area (Å²) in [5, 5.41) is 41.4. The predicted octanol–water partition coefficient (Wildman–Crippen LogP) is 0.175. The van der Waals surface area contributed by atoms with Crippen molar-refractivity contribution in [2.45, 2.75) is 90.1 Å². The molecule has 0 aliphatic carbocycles. The second kappa shape index (κ2) is 18.2. The molecule has 224 valence electrons. The lowest BCUT2D eigenvalue weighted by atomic mass is 9.94. The first-order chi connectivity index (χ1) is 18.5. The first-order valence-corrected chi connectivity index (χ1v) is 12.5. The van der Waals surface area contributed by atoms with Crippen molar-refractivity contribution >= 4 is 53.0 Å². The fraction of sp³-hybridized carbons (Fsp3) is 0.640.